The molecule has 0 atom stereocenters. The van der Waals surface area contributed by atoms with Crippen LogP contribution < -0.4 is 0 Å². The van der Waals surface area contributed by atoms with E-state index in [-0.39, 0.29) is 18.8 Å². The van der Waals surface area contributed by atoms with Gasteiger partial charge in [-0.1, -0.05) is 18.2 Å². The van der Waals surface area contributed by atoms with Gasteiger partial charge in [-0.2, -0.15) is 13.2 Å². The van der Waals surface area contributed by atoms with Gasteiger partial charge in [0.25, 0.3) is 0 Å². The summed E-state index contributed by atoms with van der Waals surface area (Å²) < 4.78 is 52.9. The van der Waals surface area contributed by atoms with Crippen molar-refractivity contribution in [2.45, 2.75) is 20.0 Å². The molecule has 0 radical (unpaired) electrons. The van der Waals surface area contributed by atoms with Gasteiger partial charge in [0, 0.05) is 11.8 Å². The van der Waals surface area contributed by atoms with Crippen LogP contribution >= 0.6 is 6.64 Å². The minimum atomic E-state index is -4.44. The van der Waals surface area contributed by atoms with Crippen LogP contribution in [0.3, 0.4) is 0 Å². The largest absolute Gasteiger partial charge is 0.417 e. The van der Waals surface area contributed by atoms with Crippen LogP contribution in [-0.2, 0) is 27.0 Å². The maximum Gasteiger partial charge on any atom is 0.417 e. The quantitative estimate of drug-likeness (QED) is 0.573. The van der Waals surface area contributed by atoms with Gasteiger partial charge in [-0.25, -0.2) is 4.76 Å². The summed E-state index contributed by atoms with van der Waals surface area (Å²) in [5.74, 6) is 0. The topological polar surface area (TPSA) is 30.8 Å². The summed E-state index contributed by atoms with van der Waals surface area (Å²) in [5, 5.41) is 0. The number of benzene rings is 1. The van der Waals surface area contributed by atoms with E-state index in [1.807, 2.05) is 0 Å². The van der Waals surface area contributed by atoms with Crippen LogP contribution in [0, 0.1) is 0 Å². The van der Waals surface area contributed by atoms with E-state index >= 15 is 0 Å². The molecule has 0 aliphatic carbocycles. The Balaban J connectivity index is 3.08. The molecule has 0 bridgehead atoms. The number of rotatable bonds is 6. The Hall–Kier alpha value is -0.750. The number of nitrogens with zero attached hydrogens (tertiary/aromatic N) is 1. The Kier molecular flexibility index (Phi) is 6.33. The molecule has 0 saturated heterocycles. The summed E-state index contributed by atoms with van der Waals surface area (Å²) >= 11 is 5.12. The van der Waals surface area contributed by atoms with Crippen LogP contribution in [0.4, 0.5) is 13.2 Å². The Morgan fingerprint density at radius 1 is 1.20 bits per heavy atom. The molecule has 1 aromatic rings. The van der Waals surface area contributed by atoms with Crippen molar-refractivity contribution in [1.29, 1.82) is 0 Å². The molecule has 0 spiro atoms. The molecular weight excluding hydrogens is 310 g/mol. The second kappa shape index (κ2) is 7.31. The van der Waals surface area contributed by atoms with Gasteiger partial charge in [-0.15, -0.1) is 0 Å². The average molecular weight is 325 g/mol. The Bertz CT molecular complexity index is 510. The zero-order chi connectivity index (χ0) is 15.2. The highest BCUT2D eigenvalue weighted by Gasteiger charge is 2.32. The molecule has 0 heterocycles. The normalized spacial score (nSPS) is 13.1. The smallest absolute Gasteiger partial charge is 0.313 e. The number of halogens is 3. The van der Waals surface area contributed by atoms with Crippen molar-refractivity contribution < 1.29 is 22.2 Å². The zero-order valence-corrected chi connectivity index (χ0v) is 12.8. The van der Waals surface area contributed by atoms with Crippen molar-refractivity contribution in [2.24, 2.45) is 4.76 Å². The molecule has 0 saturated carbocycles. The third kappa shape index (κ3) is 4.98. The van der Waals surface area contributed by atoms with Crippen LogP contribution in [-0.4, -0.2) is 19.4 Å². The van der Waals surface area contributed by atoms with Gasteiger partial charge in [-0.3, -0.25) is 0 Å². The molecule has 0 aromatic heterocycles. The van der Waals surface area contributed by atoms with E-state index in [0.29, 0.717) is 0 Å². The van der Waals surface area contributed by atoms with Crippen LogP contribution in [0.2, 0.25) is 0 Å². The highest BCUT2D eigenvalue weighted by atomic mass is 32.5. The molecule has 0 fully saturated rings. The monoisotopic (exact) mass is 325 g/mol. The Labute approximate surface area is 121 Å². The molecule has 1 rings (SSSR count). The summed E-state index contributed by atoms with van der Waals surface area (Å²) in [6, 6.07) is 5.14. The third-order valence-corrected chi connectivity index (χ3v) is 4.67. The summed E-state index contributed by atoms with van der Waals surface area (Å²) in [4.78, 5) is 0. The van der Waals surface area contributed by atoms with Crippen LogP contribution in [0.25, 0.3) is 0 Å². The molecule has 8 heteroatoms. The van der Waals surface area contributed by atoms with Crippen LogP contribution in [0.15, 0.2) is 29.0 Å². The van der Waals surface area contributed by atoms with Gasteiger partial charge >= 0.3 is 12.8 Å². The third-order valence-electron chi connectivity index (χ3n) is 2.19. The fourth-order valence-electron chi connectivity index (χ4n) is 1.43. The number of alkyl halides is 3. The van der Waals surface area contributed by atoms with Crippen LogP contribution in [0.5, 0.6) is 0 Å². The number of hydrogen-bond acceptors (Lipinski definition) is 3. The molecule has 112 valence electrons. The average Bonchev–Trinajstić information content (AvgIpc) is 2.36. The van der Waals surface area contributed by atoms with Gasteiger partial charge in [-0.05, 0) is 31.7 Å². The molecule has 0 N–H and O–H groups in total. The number of hydrogen-bond donors (Lipinski definition) is 0. The van der Waals surface area contributed by atoms with Crippen molar-refractivity contribution in [2.75, 3.05) is 13.2 Å². The first-order valence-electron chi connectivity index (χ1n) is 5.93. The standard InChI is InChI=1S/C12H15F3NO2PS/c1-3-17-19(20,18-4-2)16-9-10-7-5-6-8-11(10)12(13,14)15/h5-9H,3-4H2,1-2H3/b16-9+. The lowest BCUT2D eigenvalue weighted by atomic mass is 10.1. The van der Waals surface area contributed by atoms with Gasteiger partial charge in [0.1, 0.15) is 0 Å². The van der Waals surface area contributed by atoms with E-state index in [0.717, 1.165) is 12.3 Å². The molecule has 0 aliphatic heterocycles. The van der Waals surface area contributed by atoms with Gasteiger partial charge in [0.15, 0.2) is 0 Å². The zero-order valence-electron chi connectivity index (χ0n) is 11.1. The van der Waals surface area contributed by atoms with Gasteiger partial charge in [0.2, 0.25) is 0 Å². The van der Waals surface area contributed by atoms with Crippen molar-refractivity contribution in [3.05, 3.63) is 35.4 Å². The van der Waals surface area contributed by atoms with Crippen molar-refractivity contribution >= 4 is 24.7 Å². The fraction of sp³-hybridized carbons (Fsp3) is 0.417. The summed E-state index contributed by atoms with van der Waals surface area (Å²) in [6.45, 7) is 1.10. The highest BCUT2D eigenvalue weighted by molar-refractivity contribution is 8.09. The van der Waals surface area contributed by atoms with Gasteiger partial charge < -0.3 is 9.05 Å². The summed E-state index contributed by atoms with van der Waals surface area (Å²) in [5.41, 5.74) is -0.827. The molecule has 1 aromatic carbocycles. The fourth-order valence-corrected chi connectivity index (χ4v) is 3.33. The first-order valence-corrected chi connectivity index (χ1v) is 8.52. The first-order chi connectivity index (χ1) is 9.32. The van der Waals surface area contributed by atoms with E-state index in [2.05, 4.69) is 4.76 Å². The van der Waals surface area contributed by atoms with Gasteiger partial charge in [0.05, 0.1) is 18.8 Å². The maximum absolute atomic E-state index is 12.8. The SMILES string of the molecule is CCOP(=S)(/N=C/c1ccccc1C(F)(F)F)OCC. The second-order valence-electron chi connectivity index (χ2n) is 3.63. The summed E-state index contributed by atoms with van der Waals surface area (Å²) in [7, 11) is 0. The first kappa shape index (κ1) is 17.3. The van der Waals surface area contributed by atoms with Crippen molar-refractivity contribution in [3.63, 3.8) is 0 Å². The maximum atomic E-state index is 12.8. The van der Waals surface area contributed by atoms with E-state index < -0.39 is 18.4 Å². The summed E-state index contributed by atoms with van der Waals surface area (Å²) in [6.07, 6.45) is -3.36. The van der Waals surface area contributed by atoms with Crippen molar-refractivity contribution in [3.8, 4) is 0 Å². The Morgan fingerprint density at radius 2 is 1.75 bits per heavy atom. The molecule has 0 amide bonds. The molecule has 20 heavy (non-hydrogen) atoms. The minimum Gasteiger partial charge on any atom is -0.313 e. The van der Waals surface area contributed by atoms with E-state index in [1.54, 1.807) is 13.8 Å². The van der Waals surface area contributed by atoms with Crippen LogP contribution in [0.1, 0.15) is 25.0 Å². The minimum absolute atomic E-state index is 0.0615. The molecular formula is C12H15F3NO2PS. The predicted molar refractivity (Wildman–Crippen MR) is 76.6 cm³/mol. The lowest BCUT2D eigenvalue weighted by Gasteiger charge is -2.16. The molecule has 0 unspecified atom stereocenters. The Morgan fingerprint density at radius 3 is 2.25 bits per heavy atom. The van der Waals surface area contributed by atoms with Crippen molar-refractivity contribution in [1.82, 2.24) is 0 Å². The van der Waals surface area contributed by atoms with E-state index in [1.165, 1.54) is 18.2 Å². The van der Waals surface area contributed by atoms with E-state index in [4.69, 9.17) is 20.9 Å². The highest BCUT2D eigenvalue weighted by Crippen LogP contribution is 2.50. The second-order valence-corrected chi connectivity index (χ2v) is 6.70. The van der Waals surface area contributed by atoms with E-state index in [9.17, 15) is 13.2 Å². The molecule has 0 aliphatic rings. The predicted octanol–water partition coefficient (Wildman–Crippen LogP) is 4.42. The molecule has 3 nitrogen and oxygen atoms in total. The lowest BCUT2D eigenvalue weighted by Crippen LogP contribution is -2.08. The lowest BCUT2D eigenvalue weighted by molar-refractivity contribution is -0.137.